The molecule has 1 amide bonds. The molecule has 0 bridgehead atoms. The summed E-state index contributed by atoms with van der Waals surface area (Å²) in [6.45, 7) is 8.35. The fourth-order valence-electron chi connectivity index (χ4n) is 2.31. The number of fused-ring (bicyclic) bond motifs is 1. The minimum Gasteiger partial charge on any atom is -0.444 e. The van der Waals surface area contributed by atoms with E-state index in [2.05, 4.69) is 15.3 Å². The van der Waals surface area contributed by atoms with Crippen LogP contribution in [0.4, 0.5) is 4.79 Å². The number of rotatable bonds is 5. The van der Waals surface area contributed by atoms with Crippen LogP contribution >= 0.6 is 0 Å². The molecule has 9 nitrogen and oxygen atoms in total. The predicted octanol–water partition coefficient (Wildman–Crippen LogP) is 0.821. The van der Waals surface area contributed by atoms with Crippen molar-refractivity contribution in [3.05, 3.63) is 27.2 Å². The zero-order valence-electron chi connectivity index (χ0n) is 14.4. The average molecular weight is 337 g/mol. The molecule has 0 saturated carbocycles. The molecule has 2 rings (SSSR count). The Morgan fingerprint density at radius 2 is 2.04 bits per heavy atom. The third-order valence-corrected chi connectivity index (χ3v) is 3.22. The fraction of sp³-hybridized carbons (Fsp3) is 0.600. The zero-order chi connectivity index (χ0) is 17.9. The number of aromatic amines is 1. The molecule has 2 N–H and O–H groups in total. The van der Waals surface area contributed by atoms with Gasteiger partial charge in [0, 0.05) is 19.6 Å². The highest BCUT2D eigenvalue weighted by Crippen LogP contribution is 2.07. The largest absolute Gasteiger partial charge is 0.444 e. The van der Waals surface area contributed by atoms with Crippen LogP contribution in [0.5, 0.6) is 0 Å². The van der Waals surface area contributed by atoms with E-state index in [1.807, 2.05) is 6.92 Å². The molecule has 24 heavy (non-hydrogen) atoms. The van der Waals surface area contributed by atoms with E-state index in [4.69, 9.17) is 4.74 Å². The van der Waals surface area contributed by atoms with E-state index in [0.29, 0.717) is 24.3 Å². The highest BCUT2D eigenvalue weighted by atomic mass is 16.6. The third kappa shape index (κ3) is 4.03. The van der Waals surface area contributed by atoms with Gasteiger partial charge in [0.25, 0.3) is 5.56 Å². The molecule has 0 aliphatic heterocycles. The Bertz CT molecular complexity index is 840. The molecule has 0 aliphatic rings. The Morgan fingerprint density at radius 1 is 1.33 bits per heavy atom. The van der Waals surface area contributed by atoms with Crippen molar-refractivity contribution in [1.29, 1.82) is 0 Å². The second kappa shape index (κ2) is 6.90. The number of carbonyl (C=O) groups excluding carboxylic acids is 1. The van der Waals surface area contributed by atoms with Crippen LogP contribution in [0.1, 0.15) is 34.1 Å². The highest BCUT2D eigenvalue weighted by Gasteiger charge is 2.16. The molecule has 9 heteroatoms. The van der Waals surface area contributed by atoms with Crippen molar-refractivity contribution >= 4 is 17.3 Å². The monoisotopic (exact) mass is 337 g/mol. The average Bonchev–Trinajstić information content (AvgIpc) is 2.86. The molecule has 0 radical (unpaired) electrons. The lowest BCUT2D eigenvalue weighted by molar-refractivity contribution is 0.0526. The number of hydrogen-bond donors (Lipinski definition) is 2. The van der Waals surface area contributed by atoms with Crippen LogP contribution in [0.15, 0.2) is 15.9 Å². The van der Waals surface area contributed by atoms with Crippen LogP contribution in [0.2, 0.25) is 0 Å². The maximum absolute atomic E-state index is 12.1. The van der Waals surface area contributed by atoms with Crippen LogP contribution in [-0.4, -0.2) is 37.3 Å². The molecule has 0 aliphatic carbocycles. The van der Waals surface area contributed by atoms with Crippen LogP contribution < -0.4 is 16.6 Å². The van der Waals surface area contributed by atoms with Gasteiger partial charge in [-0.05, 0) is 27.2 Å². The van der Waals surface area contributed by atoms with E-state index in [9.17, 15) is 14.4 Å². The van der Waals surface area contributed by atoms with Gasteiger partial charge in [-0.25, -0.2) is 14.6 Å². The number of aromatic nitrogens is 4. The fourth-order valence-corrected chi connectivity index (χ4v) is 2.31. The molecule has 0 spiro atoms. The van der Waals surface area contributed by atoms with Crippen molar-refractivity contribution in [1.82, 2.24) is 24.4 Å². The van der Waals surface area contributed by atoms with E-state index in [1.165, 1.54) is 10.9 Å². The molecule has 0 saturated heterocycles. The second-order valence-corrected chi connectivity index (χ2v) is 6.45. The molecule has 0 fully saturated rings. The summed E-state index contributed by atoms with van der Waals surface area (Å²) in [7, 11) is 0. The number of nitrogens with one attached hydrogen (secondary N) is 2. The van der Waals surface area contributed by atoms with Crippen molar-refractivity contribution in [3.63, 3.8) is 0 Å². The first-order valence-electron chi connectivity index (χ1n) is 7.87. The molecule has 2 aromatic heterocycles. The van der Waals surface area contributed by atoms with Gasteiger partial charge in [0.05, 0.1) is 6.33 Å². The van der Waals surface area contributed by atoms with Gasteiger partial charge >= 0.3 is 11.8 Å². The molecule has 2 heterocycles. The smallest absolute Gasteiger partial charge is 0.407 e. The van der Waals surface area contributed by atoms with Crippen molar-refractivity contribution in [2.24, 2.45) is 0 Å². The maximum atomic E-state index is 12.1. The van der Waals surface area contributed by atoms with Gasteiger partial charge in [0.1, 0.15) is 5.60 Å². The van der Waals surface area contributed by atoms with Gasteiger partial charge in [-0.1, -0.05) is 6.92 Å². The van der Waals surface area contributed by atoms with Crippen LogP contribution in [-0.2, 0) is 17.8 Å². The highest BCUT2D eigenvalue weighted by molar-refractivity contribution is 5.70. The molecule has 0 atom stereocenters. The lowest BCUT2D eigenvalue weighted by Gasteiger charge is -2.19. The molecular formula is C15H23N5O4. The number of H-pyrrole nitrogens is 1. The van der Waals surface area contributed by atoms with Gasteiger partial charge in [-0.3, -0.25) is 14.3 Å². The lowest BCUT2D eigenvalue weighted by Crippen LogP contribution is -2.34. The van der Waals surface area contributed by atoms with Crippen molar-refractivity contribution in [2.75, 3.05) is 6.54 Å². The summed E-state index contributed by atoms with van der Waals surface area (Å²) in [6, 6.07) is 0. The minimum atomic E-state index is -0.570. The SMILES string of the molecule is CCCn1c(=O)[nH]c(=O)c2c1ncn2CCNC(=O)OC(C)(C)C. The topological polar surface area (TPSA) is 111 Å². The summed E-state index contributed by atoms with van der Waals surface area (Å²) < 4.78 is 8.19. The van der Waals surface area contributed by atoms with E-state index < -0.39 is 22.9 Å². The van der Waals surface area contributed by atoms with Crippen molar-refractivity contribution in [2.45, 2.75) is 52.8 Å². The maximum Gasteiger partial charge on any atom is 0.407 e. The number of carbonyl (C=O) groups is 1. The van der Waals surface area contributed by atoms with Crippen LogP contribution in [0.25, 0.3) is 11.2 Å². The first-order chi connectivity index (χ1) is 11.2. The Kier molecular flexibility index (Phi) is 5.10. The number of amides is 1. The molecular weight excluding hydrogens is 314 g/mol. The van der Waals surface area contributed by atoms with Crippen molar-refractivity contribution in [3.8, 4) is 0 Å². The summed E-state index contributed by atoms with van der Waals surface area (Å²) >= 11 is 0. The quantitative estimate of drug-likeness (QED) is 0.839. The number of hydrogen-bond acceptors (Lipinski definition) is 5. The lowest BCUT2D eigenvalue weighted by atomic mass is 10.2. The second-order valence-electron chi connectivity index (χ2n) is 6.45. The number of nitrogens with zero attached hydrogens (tertiary/aromatic N) is 3. The van der Waals surface area contributed by atoms with E-state index >= 15 is 0 Å². The Hall–Kier alpha value is -2.58. The molecule has 132 valence electrons. The normalized spacial score (nSPS) is 11.7. The standard InChI is InChI=1S/C15H23N5O4/c1-5-7-20-11-10(12(21)18-13(20)22)19(9-17-11)8-6-16-14(23)24-15(2,3)4/h9H,5-8H2,1-4H3,(H,16,23)(H,18,21,22). The Labute approximate surface area is 138 Å². The molecule has 0 aromatic carbocycles. The third-order valence-electron chi connectivity index (χ3n) is 3.22. The number of aryl methyl sites for hydroxylation is 1. The molecule has 2 aromatic rings. The van der Waals surface area contributed by atoms with Gasteiger partial charge < -0.3 is 14.6 Å². The van der Waals surface area contributed by atoms with Gasteiger partial charge in [0.2, 0.25) is 0 Å². The predicted molar refractivity (Wildman–Crippen MR) is 89.1 cm³/mol. The number of ether oxygens (including phenoxy) is 1. The van der Waals surface area contributed by atoms with E-state index in [-0.39, 0.29) is 6.54 Å². The first kappa shape index (κ1) is 17.8. The first-order valence-corrected chi connectivity index (χ1v) is 7.87. The number of alkyl carbamates (subject to hydrolysis) is 1. The zero-order valence-corrected chi connectivity index (χ0v) is 14.4. The molecule has 0 unspecified atom stereocenters. The Morgan fingerprint density at radius 3 is 2.67 bits per heavy atom. The number of imidazole rings is 1. The van der Waals surface area contributed by atoms with E-state index in [1.54, 1.807) is 25.3 Å². The minimum absolute atomic E-state index is 0.271. The van der Waals surface area contributed by atoms with Gasteiger partial charge in [0.15, 0.2) is 11.2 Å². The summed E-state index contributed by atoms with van der Waals surface area (Å²) in [6.07, 6.45) is 1.71. The van der Waals surface area contributed by atoms with Crippen molar-refractivity contribution < 1.29 is 9.53 Å². The van der Waals surface area contributed by atoms with Crippen LogP contribution in [0, 0.1) is 0 Å². The van der Waals surface area contributed by atoms with Gasteiger partial charge in [-0.15, -0.1) is 0 Å². The van der Waals surface area contributed by atoms with Crippen LogP contribution in [0.3, 0.4) is 0 Å². The Balaban J connectivity index is 2.16. The van der Waals surface area contributed by atoms with E-state index in [0.717, 1.165) is 6.42 Å². The summed E-state index contributed by atoms with van der Waals surface area (Å²) in [5.41, 5.74) is -0.861. The summed E-state index contributed by atoms with van der Waals surface area (Å²) in [5, 5.41) is 2.62. The summed E-state index contributed by atoms with van der Waals surface area (Å²) in [4.78, 5) is 42.1. The summed E-state index contributed by atoms with van der Waals surface area (Å²) in [5.74, 6) is 0. The van der Waals surface area contributed by atoms with Gasteiger partial charge in [-0.2, -0.15) is 0 Å².